The van der Waals surface area contributed by atoms with Crippen molar-refractivity contribution in [2.45, 2.75) is 70.5 Å². The van der Waals surface area contributed by atoms with Crippen LogP contribution in [0.1, 0.15) is 52.4 Å². The molecule has 0 saturated carbocycles. The van der Waals surface area contributed by atoms with Crippen LogP contribution in [-0.4, -0.2) is 40.1 Å². The number of amides is 2. The van der Waals surface area contributed by atoms with Gasteiger partial charge in [-0.15, -0.1) is 0 Å². The number of carbonyl (C=O) groups excluding carboxylic acids is 1. The molecule has 2 amide bonds. The van der Waals surface area contributed by atoms with Gasteiger partial charge in [0.05, 0.1) is 0 Å². The van der Waals surface area contributed by atoms with Crippen molar-refractivity contribution in [2.75, 3.05) is 0 Å². The van der Waals surface area contributed by atoms with Crippen molar-refractivity contribution in [3.8, 4) is 0 Å². The van der Waals surface area contributed by atoms with E-state index < -0.39 is 5.97 Å². The van der Waals surface area contributed by atoms with Gasteiger partial charge >= 0.3 is 12.0 Å². The summed E-state index contributed by atoms with van der Waals surface area (Å²) in [6.45, 7) is 4.07. The van der Waals surface area contributed by atoms with Gasteiger partial charge in [-0.1, -0.05) is 6.92 Å². The van der Waals surface area contributed by atoms with Crippen LogP contribution in [0, 0.1) is 5.92 Å². The number of urea groups is 1. The molecule has 2 heterocycles. The predicted octanol–water partition coefficient (Wildman–Crippen LogP) is 2.21. The average molecular weight is 268 g/mol. The lowest BCUT2D eigenvalue weighted by atomic mass is 9.88. The van der Waals surface area contributed by atoms with E-state index in [9.17, 15) is 9.59 Å². The summed E-state index contributed by atoms with van der Waals surface area (Å²) in [4.78, 5) is 25.0. The Kier molecular flexibility index (Phi) is 4.32. The van der Waals surface area contributed by atoms with Crippen LogP contribution in [0.3, 0.4) is 0 Å². The molecule has 0 aromatic rings. The fourth-order valence-corrected chi connectivity index (χ4v) is 3.42. The minimum atomic E-state index is -0.720. The van der Waals surface area contributed by atoms with E-state index in [1.165, 1.54) is 0 Å². The van der Waals surface area contributed by atoms with Gasteiger partial charge in [0.25, 0.3) is 0 Å². The topological polar surface area (TPSA) is 69.6 Å². The third-order valence-corrected chi connectivity index (χ3v) is 4.51. The van der Waals surface area contributed by atoms with Crippen LogP contribution in [0.5, 0.6) is 0 Å². The van der Waals surface area contributed by atoms with Crippen LogP contribution < -0.4 is 5.32 Å². The van der Waals surface area contributed by atoms with E-state index in [0.717, 1.165) is 32.1 Å². The molecule has 0 aliphatic carbocycles. The van der Waals surface area contributed by atoms with Crippen LogP contribution in [-0.2, 0) is 4.79 Å². The molecular weight excluding hydrogens is 244 g/mol. The molecule has 2 N–H and O–H groups in total. The summed E-state index contributed by atoms with van der Waals surface area (Å²) in [5, 5.41) is 11.9. The highest BCUT2D eigenvalue weighted by atomic mass is 16.4. The maximum Gasteiger partial charge on any atom is 0.318 e. The van der Waals surface area contributed by atoms with Crippen LogP contribution in [0.2, 0.25) is 0 Å². The minimum absolute atomic E-state index is 0.0376. The lowest BCUT2D eigenvalue weighted by molar-refractivity contribution is -0.138. The fraction of sp³-hybridized carbons (Fsp3) is 0.857. The van der Waals surface area contributed by atoms with Crippen LogP contribution in [0.15, 0.2) is 0 Å². The summed E-state index contributed by atoms with van der Waals surface area (Å²) in [6.07, 6.45) is 4.90. The van der Waals surface area contributed by atoms with Gasteiger partial charge in [0, 0.05) is 24.5 Å². The first-order chi connectivity index (χ1) is 9.01. The lowest BCUT2D eigenvalue weighted by Gasteiger charge is -2.39. The number of carboxylic acids is 1. The average Bonchev–Trinajstić information content (AvgIpc) is 2.60. The second kappa shape index (κ2) is 5.80. The number of hydrogen-bond donors (Lipinski definition) is 2. The highest BCUT2D eigenvalue weighted by molar-refractivity contribution is 5.76. The SMILES string of the molecule is CCC(C)NC(=O)N1C2CCC1CC(CC(=O)O)C2. The molecule has 3 atom stereocenters. The van der Waals surface area contributed by atoms with Crippen molar-refractivity contribution >= 4 is 12.0 Å². The van der Waals surface area contributed by atoms with E-state index in [1.54, 1.807) is 0 Å². The van der Waals surface area contributed by atoms with Crippen molar-refractivity contribution < 1.29 is 14.7 Å². The van der Waals surface area contributed by atoms with Gasteiger partial charge in [-0.05, 0) is 44.9 Å². The Bertz CT molecular complexity index is 345. The molecule has 5 nitrogen and oxygen atoms in total. The minimum Gasteiger partial charge on any atom is -0.481 e. The Hall–Kier alpha value is -1.26. The number of rotatable bonds is 4. The first kappa shape index (κ1) is 14.2. The van der Waals surface area contributed by atoms with Crippen LogP contribution in [0.4, 0.5) is 4.79 Å². The van der Waals surface area contributed by atoms with Gasteiger partial charge in [-0.3, -0.25) is 4.79 Å². The summed E-state index contributed by atoms with van der Waals surface area (Å²) >= 11 is 0. The summed E-state index contributed by atoms with van der Waals surface area (Å²) in [5.74, 6) is -0.482. The van der Waals surface area contributed by atoms with Gasteiger partial charge in [0.15, 0.2) is 0 Å². The Morgan fingerprint density at radius 3 is 2.37 bits per heavy atom. The number of nitrogens with one attached hydrogen (secondary N) is 1. The molecule has 2 aliphatic rings. The molecule has 2 fully saturated rings. The quantitative estimate of drug-likeness (QED) is 0.821. The zero-order valence-electron chi connectivity index (χ0n) is 11.8. The van der Waals surface area contributed by atoms with Crippen LogP contribution >= 0.6 is 0 Å². The second-order valence-electron chi connectivity index (χ2n) is 5.99. The molecular formula is C14H24N2O3. The zero-order valence-corrected chi connectivity index (χ0v) is 11.8. The summed E-state index contributed by atoms with van der Waals surface area (Å²) in [7, 11) is 0. The predicted molar refractivity (Wildman–Crippen MR) is 71.9 cm³/mol. The molecule has 19 heavy (non-hydrogen) atoms. The number of nitrogens with zero attached hydrogens (tertiary/aromatic N) is 1. The van der Waals surface area contributed by atoms with Crippen LogP contribution in [0.25, 0.3) is 0 Å². The monoisotopic (exact) mass is 268 g/mol. The maximum atomic E-state index is 12.3. The van der Waals surface area contributed by atoms with E-state index in [4.69, 9.17) is 5.11 Å². The molecule has 5 heteroatoms. The molecule has 3 unspecified atom stereocenters. The van der Waals surface area contributed by atoms with Gasteiger partial charge in [-0.25, -0.2) is 4.79 Å². The number of carbonyl (C=O) groups is 2. The third kappa shape index (κ3) is 3.19. The molecule has 0 aromatic heterocycles. The number of hydrogen-bond acceptors (Lipinski definition) is 2. The maximum absolute atomic E-state index is 12.3. The Balaban J connectivity index is 1.95. The Morgan fingerprint density at radius 1 is 1.32 bits per heavy atom. The van der Waals surface area contributed by atoms with Crippen molar-refractivity contribution in [1.82, 2.24) is 10.2 Å². The Labute approximate surface area is 114 Å². The molecule has 0 radical (unpaired) electrons. The number of aliphatic carboxylic acids is 1. The largest absolute Gasteiger partial charge is 0.481 e. The number of piperidine rings is 1. The van der Waals surface area contributed by atoms with E-state index in [0.29, 0.717) is 0 Å². The second-order valence-corrected chi connectivity index (χ2v) is 5.99. The molecule has 108 valence electrons. The zero-order chi connectivity index (χ0) is 14.0. The van der Waals surface area contributed by atoms with E-state index in [2.05, 4.69) is 12.2 Å². The van der Waals surface area contributed by atoms with Gasteiger partial charge in [0.1, 0.15) is 0 Å². The normalized spacial score (nSPS) is 31.1. The summed E-state index contributed by atoms with van der Waals surface area (Å²) in [6, 6.07) is 0.721. The number of fused-ring (bicyclic) bond motifs is 2. The lowest BCUT2D eigenvalue weighted by Crippen LogP contribution is -2.52. The molecule has 2 bridgehead atoms. The van der Waals surface area contributed by atoms with Gasteiger partial charge in [-0.2, -0.15) is 0 Å². The molecule has 0 aromatic carbocycles. The summed E-state index contributed by atoms with van der Waals surface area (Å²) < 4.78 is 0. The molecule has 2 rings (SSSR count). The molecule has 2 aliphatic heterocycles. The number of carboxylic acid groups (broad SMARTS) is 1. The summed E-state index contributed by atoms with van der Waals surface area (Å²) in [5.41, 5.74) is 0. The van der Waals surface area contributed by atoms with E-state index in [-0.39, 0.29) is 36.5 Å². The van der Waals surface area contributed by atoms with E-state index >= 15 is 0 Å². The fourth-order valence-electron chi connectivity index (χ4n) is 3.42. The highest BCUT2D eigenvalue weighted by Crippen LogP contribution is 2.39. The van der Waals surface area contributed by atoms with Gasteiger partial charge in [0.2, 0.25) is 0 Å². The first-order valence-corrected chi connectivity index (χ1v) is 7.31. The van der Waals surface area contributed by atoms with E-state index in [1.807, 2.05) is 11.8 Å². The third-order valence-electron chi connectivity index (χ3n) is 4.51. The van der Waals surface area contributed by atoms with Crippen molar-refractivity contribution in [1.29, 1.82) is 0 Å². The smallest absolute Gasteiger partial charge is 0.318 e. The Morgan fingerprint density at radius 2 is 1.89 bits per heavy atom. The molecule has 0 spiro atoms. The first-order valence-electron chi connectivity index (χ1n) is 7.31. The van der Waals surface area contributed by atoms with Crippen molar-refractivity contribution in [3.05, 3.63) is 0 Å². The molecule has 2 saturated heterocycles. The highest BCUT2D eigenvalue weighted by Gasteiger charge is 2.43. The van der Waals surface area contributed by atoms with Crippen molar-refractivity contribution in [3.63, 3.8) is 0 Å². The van der Waals surface area contributed by atoms with Gasteiger partial charge < -0.3 is 15.3 Å². The standard InChI is InChI=1S/C14H24N2O3/c1-3-9(2)15-14(19)16-11-4-5-12(16)7-10(6-11)8-13(17)18/h9-12H,3-8H2,1-2H3,(H,15,19)(H,17,18). The van der Waals surface area contributed by atoms with Crippen molar-refractivity contribution in [2.24, 2.45) is 5.92 Å².